The number of halogens is 1. The van der Waals surface area contributed by atoms with E-state index in [4.69, 9.17) is 4.74 Å². The number of amides is 2. The molecule has 8 heteroatoms. The maximum absolute atomic E-state index is 13.9. The zero-order valence-electron chi connectivity index (χ0n) is 16.1. The number of aliphatic carboxylic acids is 1. The predicted octanol–water partition coefficient (Wildman–Crippen LogP) is 1.69. The standard InChI is InChI=1S/C21H23FN2O5/c1-13(25)23-18(12-15-5-3-4-6-17(15)22)20(26)24-19(21(27)28)11-14-7-9-16(29-2)10-8-14/h3-10,18-19H,11-12H2,1-2H3,(H,23,25)(H,24,26)(H,27,28)/t18-,19-/m0/s1. The van der Waals surface area contributed by atoms with E-state index in [-0.39, 0.29) is 18.4 Å². The molecule has 0 aliphatic carbocycles. The fourth-order valence-corrected chi connectivity index (χ4v) is 2.81. The van der Waals surface area contributed by atoms with Gasteiger partial charge in [-0.3, -0.25) is 9.59 Å². The molecule has 0 fully saturated rings. The van der Waals surface area contributed by atoms with Crippen LogP contribution in [0.4, 0.5) is 4.39 Å². The van der Waals surface area contributed by atoms with Crippen molar-refractivity contribution in [2.75, 3.05) is 7.11 Å². The third kappa shape index (κ3) is 6.60. The van der Waals surface area contributed by atoms with Gasteiger partial charge in [-0.2, -0.15) is 0 Å². The highest BCUT2D eigenvalue weighted by molar-refractivity contribution is 5.90. The van der Waals surface area contributed by atoms with Gasteiger partial charge in [-0.15, -0.1) is 0 Å². The molecule has 0 spiro atoms. The Labute approximate surface area is 167 Å². The van der Waals surface area contributed by atoms with Crippen LogP contribution in [0.1, 0.15) is 18.1 Å². The summed E-state index contributed by atoms with van der Waals surface area (Å²) in [5.41, 5.74) is 0.923. The Morgan fingerprint density at radius 2 is 1.66 bits per heavy atom. The van der Waals surface area contributed by atoms with Gasteiger partial charge in [0.2, 0.25) is 11.8 Å². The van der Waals surface area contributed by atoms with Gasteiger partial charge in [-0.25, -0.2) is 9.18 Å². The van der Waals surface area contributed by atoms with Gasteiger partial charge in [0, 0.05) is 19.8 Å². The Morgan fingerprint density at radius 1 is 1.00 bits per heavy atom. The summed E-state index contributed by atoms with van der Waals surface area (Å²) in [6, 6.07) is 10.3. The average Bonchev–Trinajstić information content (AvgIpc) is 2.68. The van der Waals surface area contributed by atoms with Crippen LogP contribution in [0, 0.1) is 5.82 Å². The van der Waals surface area contributed by atoms with E-state index in [2.05, 4.69) is 10.6 Å². The molecule has 0 heterocycles. The van der Waals surface area contributed by atoms with Crippen molar-refractivity contribution in [2.45, 2.75) is 31.8 Å². The predicted molar refractivity (Wildman–Crippen MR) is 104 cm³/mol. The van der Waals surface area contributed by atoms with E-state index in [1.54, 1.807) is 30.3 Å². The number of hydrogen-bond acceptors (Lipinski definition) is 4. The van der Waals surface area contributed by atoms with Crippen LogP contribution in [0.2, 0.25) is 0 Å². The minimum atomic E-state index is -1.22. The lowest BCUT2D eigenvalue weighted by molar-refractivity contribution is -0.142. The Bertz CT molecular complexity index is 870. The van der Waals surface area contributed by atoms with Crippen LogP contribution in [-0.4, -0.2) is 42.1 Å². The quantitative estimate of drug-likeness (QED) is 0.592. The smallest absolute Gasteiger partial charge is 0.326 e. The summed E-state index contributed by atoms with van der Waals surface area (Å²) in [5.74, 6) is -2.29. The lowest BCUT2D eigenvalue weighted by atomic mass is 10.0. The third-order valence-electron chi connectivity index (χ3n) is 4.29. The lowest BCUT2D eigenvalue weighted by Gasteiger charge is -2.21. The number of carbonyl (C=O) groups is 3. The summed E-state index contributed by atoms with van der Waals surface area (Å²) in [4.78, 5) is 35.8. The SMILES string of the molecule is COc1ccc(C[C@H](NC(=O)[C@H](Cc2ccccc2F)NC(C)=O)C(=O)O)cc1. The van der Waals surface area contributed by atoms with E-state index in [9.17, 15) is 23.9 Å². The molecule has 3 N–H and O–H groups in total. The Hall–Kier alpha value is -3.42. The van der Waals surface area contributed by atoms with Crippen molar-refractivity contribution in [3.8, 4) is 5.75 Å². The van der Waals surface area contributed by atoms with E-state index >= 15 is 0 Å². The van der Waals surface area contributed by atoms with Gasteiger partial charge in [0.25, 0.3) is 0 Å². The minimum absolute atomic E-state index is 0.0392. The summed E-state index contributed by atoms with van der Waals surface area (Å²) in [5, 5.41) is 14.4. The second kappa shape index (κ2) is 10.2. The first-order chi connectivity index (χ1) is 13.8. The average molecular weight is 402 g/mol. The molecule has 154 valence electrons. The number of rotatable bonds is 9. The molecular formula is C21H23FN2O5. The van der Waals surface area contributed by atoms with Crippen LogP contribution in [0.25, 0.3) is 0 Å². The van der Waals surface area contributed by atoms with Crippen molar-refractivity contribution in [1.82, 2.24) is 10.6 Å². The van der Waals surface area contributed by atoms with E-state index < -0.39 is 35.7 Å². The fraction of sp³-hybridized carbons (Fsp3) is 0.286. The highest BCUT2D eigenvalue weighted by Gasteiger charge is 2.27. The number of ether oxygens (including phenoxy) is 1. The van der Waals surface area contributed by atoms with Crippen LogP contribution < -0.4 is 15.4 Å². The Balaban J connectivity index is 2.13. The van der Waals surface area contributed by atoms with Crippen molar-refractivity contribution in [1.29, 1.82) is 0 Å². The van der Waals surface area contributed by atoms with Gasteiger partial charge in [0.05, 0.1) is 7.11 Å². The normalized spacial score (nSPS) is 12.5. The molecule has 29 heavy (non-hydrogen) atoms. The number of nitrogens with one attached hydrogen (secondary N) is 2. The van der Waals surface area contributed by atoms with Gasteiger partial charge < -0.3 is 20.5 Å². The fourth-order valence-electron chi connectivity index (χ4n) is 2.81. The first kappa shape index (κ1) is 21.9. The van der Waals surface area contributed by atoms with Crippen LogP contribution in [-0.2, 0) is 27.2 Å². The van der Waals surface area contributed by atoms with Crippen LogP contribution >= 0.6 is 0 Å². The molecule has 0 saturated heterocycles. The summed E-state index contributed by atoms with van der Waals surface area (Å²) in [6.07, 6.45) is -0.0650. The van der Waals surface area contributed by atoms with E-state index in [1.165, 1.54) is 32.2 Å². The molecule has 0 unspecified atom stereocenters. The molecule has 0 bridgehead atoms. The summed E-state index contributed by atoms with van der Waals surface area (Å²) in [7, 11) is 1.52. The molecule has 0 radical (unpaired) electrons. The van der Waals surface area contributed by atoms with Crippen molar-refractivity contribution in [2.24, 2.45) is 0 Å². The molecule has 0 aliphatic rings. The molecule has 2 aromatic rings. The number of carboxylic acid groups (broad SMARTS) is 1. The maximum Gasteiger partial charge on any atom is 0.326 e. The van der Waals surface area contributed by atoms with Crippen molar-refractivity contribution < 1.29 is 28.6 Å². The van der Waals surface area contributed by atoms with E-state index in [0.29, 0.717) is 11.3 Å². The Kier molecular flexibility index (Phi) is 7.70. The highest BCUT2D eigenvalue weighted by Crippen LogP contribution is 2.14. The number of methoxy groups -OCH3 is 1. The first-order valence-corrected chi connectivity index (χ1v) is 8.96. The van der Waals surface area contributed by atoms with E-state index in [1.807, 2.05) is 0 Å². The third-order valence-corrected chi connectivity index (χ3v) is 4.29. The molecule has 2 atom stereocenters. The summed E-state index contributed by atoms with van der Waals surface area (Å²) in [6.45, 7) is 1.23. The maximum atomic E-state index is 13.9. The van der Waals surface area contributed by atoms with Gasteiger partial charge in [-0.1, -0.05) is 30.3 Å². The van der Waals surface area contributed by atoms with Crippen molar-refractivity contribution in [3.05, 3.63) is 65.5 Å². The zero-order valence-corrected chi connectivity index (χ0v) is 16.1. The molecule has 2 rings (SSSR count). The molecule has 0 saturated carbocycles. The summed E-state index contributed by atoms with van der Waals surface area (Å²) < 4.78 is 19.0. The zero-order chi connectivity index (χ0) is 21.4. The first-order valence-electron chi connectivity index (χ1n) is 8.96. The summed E-state index contributed by atoms with van der Waals surface area (Å²) >= 11 is 0. The van der Waals surface area contributed by atoms with Crippen LogP contribution in [0.3, 0.4) is 0 Å². The van der Waals surface area contributed by atoms with Crippen molar-refractivity contribution >= 4 is 17.8 Å². The van der Waals surface area contributed by atoms with Gasteiger partial charge in [-0.05, 0) is 29.3 Å². The topological polar surface area (TPSA) is 105 Å². The second-order valence-corrected chi connectivity index (χ2v) is 6.50. The number of carbonyl (C=O) groups excluding carboxylic acids is 2. The molecule has 2 aromatic carbocycles. The van der Waals surface area contributed by atoms with Crippen LogP contribution in [0.15, 0.2) is 48.5 Å². The number of carboxylic acids is 1. The van der Waals surface area contributed by atoms with Gasteiger partial charge in [0.1, 0.15) is 23.7 Å². The second-order valence-electron chi connectivity index (χ2n) is 6.50. The monoisotopic (exact) mass is 402 g/mol. The van der Waals surface area contributed by atoms with Gasteiger partial charge in [0.15, 0.2) is 0 Å². The van der Waals surface area contributed by atoms with Crippen molar-refractivity contribution in [3.63, 3.8) is 0 Å². The largest absolute Gasteiger partial charge is 0.497 e. The minimum Gasteiger partial charge on any atom is -0.497 e. The van der Waals surface area contributed by atoms with E-state index in [0.717, 1.165) is 0 Å². The highest BCUT2D eigenvalue weighted by atomic mass is 19.1. The molecule has 0 aromatic heterocycles. The van der Waals surface area contributed by atoms with Gasteiger partial charge >= 0.3 is 5.97 Å². The number of benzene rings is 2. The van der Waals surface area contributed by atoms with Crippen LogP contribution in [0.5, 0.6) is 5.75 Å². The molecule has 0 aliphatic heterocycles. The number of hydrogen-bond donors (Lipinski definition) is 3. The Morgan fingerprint density at radius 3 is 2.21 bits per heavy atom. The molecular weight excluding hydrogens is 379 g/mol. The molecule has 7 nitrogen and oxygen atoms in total. The molecule has 2 amide bonds. The lowest BCUT2D eigenvalue weighted by Crippen LogP contribution is -2.52.